The first-order chi connectivity index (χ1) is 15.9. The van der Waals surface area contributed by atoms with Gasteiger partial charge in [-0.25, -0.2) is 8.42 Å². The van der Waals surface area contributed by atoms with Crippen molar-refractivity contribution < 1.29 is 13.2 Å². The Morgan fingerprint density at radius 2 is 1.65 bits per heavy atom. The highest BCUT2D eigenvalue weighted by atomic mass is 32.2. The molecule has 176 valence electrons. The van der Waals surface area contributed by atoms with E-state index in [0.29, 0.717) is 17.1 Å². The number of ether oxygens (including phenoxy) is 1. The lowest BCUT2D eigenvalue weighted by atomic mass is 9.84. The third-order valence-electron chi connectivity index (χ3n) is 5.56. The molecule has 2 heterocycles. The average molecular weight is 478 g/mol. The zero-order chi connectivity index (χ0) is 24.7. The highest BCUT2D eigenvalue weighted by Crippen LogP contribution is 2.34. The number of pyridine rings is 2. The number of aromatic nitrogens is 2. The number of sulfonamides is 1. The summed E-state index contributed by atoms with van der Waals surface area (Å²) >= 11 is 0. The minimum Gasteiger partial charge on any atom is -0.482 e. The van der Waals surface area contributed by atoms with Gasteiger partial charge in [0, 0.05) is 34.0 Å². The molecule has 0 radical (unpaired) electrons. The van der Waals surface area contributed by atoms with Crippen molar-refractivity contribution in [3.05, 3.63) is 76.7 Å². The fourth-order valence-electron chi connectivity index (χ4n) is 3.78. The van der Waals surface area contributed by atoms with Crippen LogP contribution in [0.25, 0.3) is 33.2 Å². The van der Waals surface area contributed by atoms with Gasteiger partial charge in [0.2, 0.25) is 10.0 Å². The number of fused-ring (bicyclic) bond motifs is 1. The lowest BCUT2D eigenvalue weighted by Gasteiger charge is -2.21. The molecular formula is C26H27N3O4S. The number of nitrogens with one attached hydrogen (secondary N) is 2. The van der Waals surface area contributed by atoms with Gasteiger partial charge in [-0.15, -0.1) is 0 Å². The molecule has 2 N–H and O–H groups in total. The molecule has 8 heteroatoms. The predicted molar refractivity (Wildman–Crippen MR) is 137 cm³/mol. The number of H-pyrrole nitrogens is 1. The lowest BCUT2D eigenvalue weighted by Crippen LogP contribution is -2.13. The third-order valence-corrected chi connectivity index (χ3v) is 6.17. The number of hydrogen-bond acceptors (Lipinski definition) is 5. The van der Waals surface area contributed by atoms with E-state index >= 15 is 0 Å². The molecule has 2 aromatic carbocycles. The van der Waals surface area contributed by atoms with Crippen LogP contribution in [-0.2, 0) is 15.4 Å². The zero-order valence-corrected chi connectivity index (χ0v) is 20.6. The summed E-state index contributed by atoms with van der Waals surface area (Å²) < 4.78 is 30.6. The van der Waals surface area contributed by atoms with Gasteiger partial charge in [0.1, 0.15) is 0 Å². The number of methoxy groups -OCH3 is 1. The van der Waals surface area contributed by atoms with E-state index in [4.69, 9.17) is 9.72 Å². The Morgan fingerprint density at radius 1 is 0.941 bits per heavy atom. The first-order valence-corrected chi connectivity index (χ1v) is 12.6. The zero-order valence-electron chi connectivity index (χ0n) is 19.8. The molecule has 4 rings (SSSR count). The highest BCUT2D eigenvalue weighted by Gasteiger charge is 2.19. The maximum atomic E-state index is 12.8. The van der Waals surface area contributed by atoms with E-state index in [1.54, 1.807) is 30.5 Å². The maximum Gasteiger partial charge on any atom is 0.258 e. The minimum atomic E-state index is -3.34. The van der Waals surface area contributed by atoms with Crippen LogP contribution in [0.1, 0.15) is 26.3 Å². The molecule has 0 saturated heterocycles. The summed E-state index contributed by atoms with van der Waals surface area (Å²) in [6, 6.07) is 16.8. The van der Waals surface area contributed by atoms with Crippen LogP contribution in [0, 0.1) is 0 Å². The second kappa shape index (κ2) is 8.61. The molecule has 2 aromatic heterocycles. The van der Waals surface area contributed by atoms with E-state index in [1.165, 1.54) is 7.11 Å². The van der Waals surface area contributed by atoms with Crippen LogP contribution < -0.4 is 15.0 Å². The Bertz CT molecular complexity index is 1530. The summed E-state index contributed by atoms with van der Waals surface area (Å²) in [4.78, 5) is 20.3. The van der Waals surface area contributed by atoms with Crippen molar-refractivity contribution in [3.8, 4) is 28.1 Å². The van der Waals surface area contributed by atoms with Gasteiger partial charge >= 0.3 is 0 Å². The molecular weight excluding hydrogens is 450 g/mol. The molecule has 34 heavy (non-hydrogen) atoms. The standard InChI is InChI=1S/C26H27N3O4S/c1-26(2,3)19-13-17-12-18(16-6-8-20(9-7-16)29-34(5,31)32)15-27-24(17)22(14-19)21-10-11-23(33-4)28-25(21)30/h6-15,29H,1-5H3,(H,28,30). The maximum absolute atomic E-state index is 12.8. The molecule has 0 amide bonds. The number of anilines is 1. The third kappa shape index (κ3) is 4.97. The van der Waals surface area contributed by atoms with Gasteiger partial charge in [0.15, 0.2) is 5.88 Å². The first kappa shape index (κ1) is 23.5. The Labute approximate surface area is 198 Å². The quantitative estimate of drug-likeness (QED) is 0.424. The summed E-state index contributed by atoms with van der Waals surface area (Å²) in [5.41, 5.74) is 4.98. The van der Waals surface area contributed by atoms with E-state index in [0.717, 1.165) is 39.4 Å². The van der Waals surface area contributed by atoms with E-state index in [1.807, 2.05) is 24.3 Å². The van der Waals surface area contributed by atoms with Crippen LogP contribution in [0.5, 0.6) is 5.88 Å². The minimum absolute atomic E-state index is 0.142. The molecule has 0 spiro atoms. The highest BCUT2D eigenvalue weighted by molar-refractivity contribution is 7.92. The molecule has 0 aliphatic rings. The topological polar surface area (TPSA) is 101 Å². The number of hydrogen-bond donors (Lipinski definition) is 2. The molecule has 0 aliphatic heterocycles. The van der Waals surface area contributed by atoms with Crippen molar-refractivity contribution in [2.24, 2.45) is 0 Å². The van der Waals surface area contributed by atoms with Gasteiger partial charge in [0.25, 0.3) is 5.56 Å². The van der Waals surface area contributed by atoms with Crippen LogP contribution in [0.4, 0.5) is 5.69 Å². The predicted octanol–water partition coefficient (Wildman–Crippen LogP) is 4.93. The van der Waals surface area contributed by atoms with Gasteiger partial charge in [-0.05, 0) is 59.0 Å². The normalized spacial score (nSPS) is 12.0. The fraction of sp³-hybridized carbons (Fsp3) is 0.231. The monoisotopic (exact) mass is 477 g/mol. The SMILES string of the molecule is COc1ccc(-c2cc(C(C)(C)C)cc3cc(-c4ccc(NS(C)(=O)=O)cc4)cnc23)c(=O)[nH]1. The second-order valence-electron chi connectivity index (χ2n) is 9.29. The van der Waals surface area contributed by atoms with Crippen molar-refractivity contribution in [2.75, 3.05) is 18.1 Å². The molecule has 0 saturated carbocycles. The Balaban J connectivity index is 1.86. The molecule has 4 aromatic rings. The van der Waals surface area contributed by atoms with Crippen molar-refractivity contribution in [1.82, 2.24) is 9.97 Å². The van der Waals surface area contributed by atoms with E-state index in [2.05, 4.69) is 36.5 Å². The Kier molecular flexibility index (Phi) is 5.95. The molecule has 0 aliphatic carbocycles. The van der Waals surface area contributed by atoms with Gasteiger partial charge < -0.3 is 4.74 Å². The van der Waals surface area contributed by atoms with Gasteiger partial charge in [-0.3, -0.25) is 19.5 Å². The largest absolute Gasteiger partial charge is 0.482 e. The van der Waals surface area contributed by atoms with E-state index < -0.39 is 10.0 Å². The Hall–Kier alpha value is -3.65. The molecule has 0 bridgehead atoms. The molecule has 0 atom stereocenters. The first-order valence-electron chi connectivity index (χ1n) is 10.7. The summed E-state index contributed by atoms with van der Waals surface area (Å²) in [7, 11) is -1.83. The van der Waals surface area contributed by atoms with Crippen LogP contribution >= 0.6 is 0 Å². The molecule has 7 nitrogen and oxygen atoms in total. The molecule has 0 unspecified atom stereocenters. The Morgan fingerprint density at radius 3 is 2.24 bits per heavy atom. The number of rotatable bonds is 5. The van der Waals surface area contributed by atoms with Crippen molar-refractivity contribution >= 4 is 26.6 Å². The average Bonchev–Trinajstić information content (AvgIpc) is 2.76. The summed E-state index contributed by atoms with van der Waals surface area (Å²) in [5.74, 6) is 0.397. The van der Waals surface area contributed by atoms with E-state index in [-0.39, 0.29) is 11.0 Å². The van der Waals surface area contributed by atoms with Crippen molar-refractivity contribution in [1.29, 1.82) is 0 Å². The van der Waals surface area contributed by atoms with Crippen molar-refractivity contribution in [3.63, 3.8) is 0 Å². The van der Waals surface area contributed by atoms with Gasteiger partial charge in [-0.1, -0.05) is 32.9 Å². The number of nitrogens with zero attached hydrogens (tertiary/aromatic N) is 1. The van der Waals surface area contributed by atoms with Crippen LogP contribution in [-0.4, -0.2) is 31.8 Å². The van der Waals surface area contributed by atoms with Gasteiger partial charge in [-0.2, -0.15) is 0 Å². The number of aromatic amines is 1. The molecule has 0 fully saturated rings. The van der Waals surface area contributed by atoms with E-state index in [9.17, 15) is 13.2 Å². The van der Waals surface area contributed by atoms with Gasteiger partial charge in [0.05, 0.1) is 18.9 Å². The van der Waals surface area contributed by atoms with Crippen molar-refractivity contribution in [2.45, 2.75) is 26.2 Å². The number of benzene rings is 2. The smallest absolute Gasteiger partial charge is 0.258 e. The van der Waals surface area contributed by atoms with Crippen LogP contribution in [0.2, 0.25) is 0 Å². The van der Waals surface area contributed by atoms with Crippen LogP contribution in [0.3, 0.4) is 0 Å². The summed E-state index contributed by atoms with van der Waals surface area (Å²) in [6.07, 6.45) is 2.88. The van der Waals surface area contributed by atoms with Crippen LogP contribution in [0.15, 0.2) is 65.6 Å². The lowest BCUT2D eigenvalue weighted by molar-refractivity contribution is 0.397. The fourth-order valence-corrected chi connectivity index (χ4v) is 4.34. The summed E-state index contributed by atoms with van der Waals surface area (Å²) in [5, 5.41) is 0.911. The second-order valence-corrected chi connectivity index (χ2v) is 11.0. The summed E-state index contributed by atoms with van der Waals surface area (Å²) in [6.45, 7) is 6.38.